The molecule has 0 bridgehead atoms. The minimum Gasteiger partial charge on any atom is -0.376 e. The maximum Gasteiger partial charge on any atom is 0.265 e. The number of para-hydroxylation sites is 3. The van der Waals surface area contributed by atoms with Crippen LogP contribution in [0.4, 0.5) is 0 Å². The van der Waals surface area contributed by atoms with Gasteiger partial charge in [0.05, 0.1) is 29.4 Å². The summed E-state index contributed by atoms with van der Waals surface area (Å²) in [7, 11) is 0. The minimum absolute atomic E-state index is 0.0438. The molecule has 32 heavy (non-hydrogen) atoms. The fourth-order valence-corrected chi connectivity index (χ4v) is 4.68. The largest absolute Gasteiger partial charge is 0.376 e. The maximum absolute atomic E-state index is 13.8. The molecule has 0 aliphatic carbocycles. The second kappa shape index (κ2) is 7.24. The second-order valence-corrected chi connectivity index (χ2v) is 8.41. The summed E-state index contributed by atoms with van der Waals surface area (Å²) in [5.74, 6) is 0.667. The van der Waals surface area contributed by atoms with E-state index in [9.17, 15) is 4.79 Å². The van der Waals surface area contributed by atoms with Crippen LogP contribution < -0.4 is 5.56 Å². The summed E-state index contributed by atoms with van der Waals surface area (Å²) in [6.07, 6.45) is 2.03. The first kappa shape index (κ1) is 19.1. The lowest BCUT2D eigenvalue weighted by molar-refractivity contribution is 0.0955. The lowest BCUT2D eigenvalue weighted by Gasteiger charge is -2.15. The molecule has 0 N–H and O–H groups in total. The molecule has 1 atom stereocenters. The van der Waals surface area contributed by atoms with Gasteiger partial charge in [-0.15, -0.1) is 0 Å². The zero-order chi connectivity index (χ0) is 21.8. The Labute approximate surface area is 184 Å². The zero-order valence-electron chi connectivity index (χ0n) is 18.1. The summed E-state index contributed by atoms with van der Waals surface area (Å²) < 4.78 is 9.50. The fraction of sp³-hybridized carbons (Fsp3) is 0.280. The quantitative estimate of drug-likeness (QED) is 0.435. The van der Waals surface area contributed by atoms with Gasteiger partial charge in [-0.3, -0.25) is 13.9 Å². The first-order chi connectivity index (χ1) is 15.6. The Kier molecular flexibility index (Phi) is 4.33. The fourth-order valence-electron chi connectivity index (χ4n) is 4.68. The molecule has 1 aliphatic rings. The highest BCUT2D eigenvalue weighted by molar-refractivity contribution is 6.06. The highest BCUT2D eigenvalue weighted by Gasteiger charge is 2.24. The average molecular weight is 425 g/mol. The molecule has 1 aliphatic heterocycles. The number of nitrogens with zero attached hydrogens (tertiary/aromatic N) is 5. The molecule has 0 amide bonds. The molecule has 0 radical (unpaired) electrons. The standard InChI is InChI=1S/C25H23N5O2/c1-15-8-3-6-12-20(15)30-23-21(22-24(30)28-19-11-5-4-10-18(19)27-22)25(31)29(16(2)26-23)14-17-9-7-13-32-17/h3-6,8,10-12,17H,7,9,13-14H2,1-2H3/t17-/m1/s1. The number of aryl methyl sites for hydroxylation is 2. The van der Waals surface area contributed by atoms with Crippen LogP contribution in [0.5, 0.6) is 0 Å². The van der Waals surface area contributed by atoms with Gasteiger partial charge in [-0.25, -0.2) is 15.0 Å². The first-order valence-electron chi connectivity index (χ1n) is 11.0. The second-order valence-electron chi connectivity index (χ2n) is 8.41. The van der Waals surface area contributed by atoms with Gasteiger partial charge in [0.1, 0.15) is 16.7 Å². The summed E-state index contributed by atoms with van der Waals surface area (Å²) in [4.78, 5) is 28.5. The van der Waals surface area contributed by atoms with Crippen molar-refractivity contribution in [2.45, 2.75) is 39.3 Å². The Morgan fingerprint density at radius 3 is 2.47 bits per heavy atom. The van der Waals surface area contributed by atoms with Crippen LogP contribution in [0.3, 0.4) is 0 Å². The lowest BCUT2D eigenvalue weighted by atomic mass is 10.2. The average Bonchev–Trinajstić information content (AvgIpc) is 3.41. The molecule has 3 aromatic heterocycles. The van der Waals surface area contributed by atoms with E-state index in [0.29, 0.717) is 34.6 Å². The van der Waals surface area contributed by atoms with Crippen molar-refractivity contribution in [1.29, 1.82) is 0 Å². The smallest absolute Gasteiger partial charge is 0.265 e. The van der Waals surface area contributed by atoms with Crippen molar-refractivity contribution in [2.75, 3.05) is 6.61 Å². The van der Waals surface area contributed by atoms with Gasteiger partial charge in [0.2, 0.25) is 0 Å². The summed E-state index contributed by atoms with van der Waals surface area (Å²) in [6, 6.07) is 15.8. The summed E-state index contributed by atoms with van der Waals surface area (Å²) >= 11 is 0. The number of hydrogen-bond donors (Lipinski definition) is 0. The van der Waals surface area contributed by atoms with Crippen LogP contribution in [0.25, 0.3) is 38.9 Å². The van der Waals surface area contributed by atoms with Gasteiger partial charge in [0.15, 0.2) is 11.3 Å². The molecular formula is C25H23N5O2. The van der Waals surface area contributed by atoms with E-state index < -0.39 is 0 Å². The third kappa shape index (κ3) is 2.85. The third-order valence-electron chi connectivity index (χ3n) is 6.32. The topological polar surface area (TPSA) is 74.8 Å². The number of hydrogen-bond acceptors (Lipinski definition) is 5. The molecular weight excluding hydrogens is 402 g/mol. The molecule has 5 aromatic rings. The van der Waals surface area contributed by atoms with Gasteiger partial charge in [-0.2, -0.15) is 0 Å². The van der Waals surface area contributed by atoms with Crippen molar-refractivity contribution in [3.05, 3.63) is 70.3 Å². The van der Waals surface area contributed by atoms with Gasteiger partial charge in [-0.05, 0) is 50.5 Å². The Morgan fingerprint density at radius 2 is 1.72 bits per heavy atom. The van der Waals surface area contributed by atoms with Crippen LogP contribution in [0.15, 0.2) is 53.3 Å². The van der Waals surface area contributed by atoms with E-state index in [0.717, 1.165) is 41.7 Å². The van der Waals surface area contributed by atoms with E-state index in [-0.39, 0.29) is 11.7 Å². The van der Waals surface area contributed by atoms with Crippen molar-refractivity contribution >= 4 is 33.2 Å². The number of benzene rings is 2. The Morgan fingerprint density at radius 1 is 0.969 bits per heavy atom. The summed E-state index contributed by atoms with van der Waals surface area (Å²) in [6.45, 7) is 5.18. The maximum atomic E-state index is 13.8. The molecule has 1 saturated heterocycles. The van der Waals surface area contributed by atoms with Crippen LogP contribution in [-0.4, -0.2) is 36.8 Å². The van der Waals surface area contributed by atoms with E-state index in [1.807, 2.05) is 66.9 Å². The van der Waals surface area contributed by atoms with Crippen LogP contribution in [0, 0.1) is 13.8 Å². The molecule has 2 aromatic carbocycles. The predicted octanol–water partition coefficient (Wildman–Crippen LogP) is 4.08. The van der Waals surface area contributed by atoms with Gasteiger partial charge < -0.3 is 4.74 Å². The minimum atomic E-state index is -0.0927. The Hall–Kier alpha value is -3.58. The van der Waals surface area contributed by atoms with Crippen LogP contribution in [0.1, 0.15) is 24.2 Å². The molecule has 0 spiro atoms. The van der Waals surface area contributed by atoms with Crippen molar-refractivity contribution in [3.63, 3.8) is 0 Å². The molecule has 0 saturated carbocycles. The van der Waals surface area contributed by atoms with Crippen molar-refractivity contribution < 1.29 is 4.74 Å². The number of fused-ring (bicyclic) bond motifs is 4. The van der Waals surface area contributed by atoms with E-state index in [1.165, 1.54) is 0 Å². The molecule has 6 rings (SSSR count). The van der Waals surface area contributed by atoms with Crippen LogP contribution >= 0.6 is 0 Å². The molecule has 7 heteroatoms. The third-order valence-corrected chi connectivity index (χ3v) is 6.32. The van der Waals surface area contributed by atoms with Crippen molar-refractivity contribution in [1.82, 2.24) is 24.1 Å². The van der Waals surface area contributed by atoms with E-state index in [1.54, 1.807) is 4.57 Å². The first-order valence-corrected chi connectivity index (χ1v) is 11.0. The summed E-state index contributed by atoms with van der Waals surface area (Å²) in [5.41, 5.74) is 5.29. The monoisotopic (exact) mass is 425 g/mol. The van der Waals surface area contributed by atoms with E-state index in [2.05, 4.69) is 0 Å². The zero-order valence-corrected chi connectivity index (χ0v) is 18.1. The van der Waals surface area contributed by atoms with Gasteiger partial charge >= 0.3 is 0 Å². The number of aromatic nitrogens is 5. The molecule has 160 valence electrons. The lowest BCUT2D eigenvalue weighted by Crippen LogP contribution is -2.29. The molecule has 7 nitrogen and oxygen atoms in total. The predicted molar refractivity (Wildman–Crippen MR) is 124 cm³/mol. The van der Waals surface area contributed by atoms with E-state index in [4.69, 9.17) is 19.7 Å². The Bertz CT molecular complexity index is 1560. The number of ether oxygens (including phenoxy) is 1. The Balaban J connectivity index is 1.74. The van der Waals surface area contributed by atoms with Gasteiger partial charge in [0.25, 0.3) is 5.56 Å². The van der Waals surface area contributed by atoms with Crippen molar-refractivity contribution in [3.8, 4) is 5.69 Å². The highest BCUT2D eigenvalue weighted by atomic mass is 16.5. The van der Waals surface area contributed by atoms with Gasteiger partial charge in [-0.1, -0.05) is 30.3 Å². The molecule has 0 unspecified atom stereocenters. The number of rotatable bonds is 3. The molecule has 1 fully saturated rings. The highest BCUT2D eigenvalue weighted by Crippen LogP contribution is 2.30. The van der Waals surface area contributed by atoms with Crippen molar-refractivity contribution in [2.24, 2.45) is 0 Å². The van der Waals surface area contributed by atoms with Crippen LogP contribution in [-0.2, 0) is 11.3 Å². The van der Waals surface area contributed by atoms with E-state index >= 15 is 0 Å². The van der Waals surface area contributed by atoms with Crippen LogP contribution in [0.2, 0.25) is 0 Å². The SMILES string of the molecule is Cc1ccccc1-n1c2nc3ccccc3nc2c2c(=O)n(C[C@H]3CCCO3)c(C)nc21. The normalized spacial score (nSPS) is 16.5. The summed E-state index contributed by atoms with van der Waals surface area (Å²) in [5, 5.41) is 0.505. The van der Waals surface area contributed by atoms with Gasteiger partial charge in [0, 0.05) is 6.61 Å². The molecule has 4 heterocycles.